The van der Waals surface area contributed by atoms with Crippen molar-refractivity contribution in [2.24, 2.45) is 0 Å². The highest BCUT2D eigenvalue weighted by Gasteiger charge is 2.27. The van der Waals surface area contributed by atoms with Crippen molar-refractivity contribution in [2.45, 2.75) is 25.3 Å². The standard InChI is InChI=1S/C15H19N3O2/c19-14(18-7-3-4-8-18)10-16-15(20)13-9-11-5-1-2-6-12(11)17-13/h1-2,5-6,13,17H,3-4,7-10H2,(H,16,20). The molecular weight excluding hydrogens is 254 g/mol. The Morgan fingerprint density at radius 3 is 2.75 bits per heavy atom. The predicted molar refractivity (Wildman–Crippen MR) is 76.4 cm³/mol. The van der Waals surface area contributed by atoms with E-state index < -0.39 is 0 Å². The van der Waals surface area contributed by atoms with Gasteiger partial charge in [-0.25, -0.2) is 0 Å². The molecule has 0 bridgehead atoms. The summed E-state index contributed by atoms with van der Waals surface area (Å²) < 4.78 is 0. The van der Waals surface area contributed by atoms with Crippen LogP contribution in [0.5, 0.6) is 0 Å². The zero-order valence-corrected chi connectivity index (χ0v) is 11.4. The molecule has 5 heteroatoms. The SMILES string of the molecule is O=C(NCC(=O)N1CCCC1)C1Cc2ccccc2N1. The maximum Gasteiger partial charge on any atom is 0.243 e. The number of carbonyl (C=O) groups is 2. The van der Waals surface area contributed by atoms with Gasteiger partial charge < -0.3 is 15.5 Å². The second-order valence-corrected chi connectivity index (χ2v) is 5.36. The van der Waals surface area contributed by atoms with Crippen LogP contribution in [0.2, 0.25) is 0 Å². The summed E-state index contributed by atoms with van der Waals surface area (Å²) in [4.78, 5) is 25.8. The number of rotatable bonds is 3. The van der Waals surface area contributed by atoms with E-state index in [1.54, 1.807) is 0 Å². The number of nitrogens with zero attached hydrogens (tertiary/aromatic N) is 1. The number of carbonyl (C=O) groups excluding carboxylic acids is 2. The molecule has 0 radical (unpaired) electrons. The van der Waals surface area contributed by atoms with E-state index in [1.165, 1.54) is 0 Å². The third kappa shape index (κ3) is 2.61. The number of hydrogen-bond acceptors (Lipinski definition) is 3. The third-order valence-electron chi connectivity index (χ3n) is 3.96. The van der Waals surface area contributed by atoms with E-state index in [0.29, 0.717) is 6.42 Å². The Hall–Kier alpha value is -2.04. The fraction of sp³-hybridized carbons (Fsp3) is 0.467. The number of hydrogen-bond donors (Lipinski definition) is 2. The molecule has 20 heavy (non-hydrogen) atoms. The quantitative estimate of drug-likeness (QED) is 0.855. The highest BCUT2D eigenvalue weighted by Crippen LogP contribution is 2.24. The first-order valence-electron chi connectivity index (χ1n) is 7.14. The van der Waals surface area contributed by atoms with Crippen LogP contribution in [0, 0.1) is 0 Å². The van der Waals surface area contributed by atoms with Crippen LogP contribution in [0.25, 0.3) is 0 Å². The van der Waals surface area contributed by atoms with Crippen LogP contribution in [-0.2, 0) is 16.0 Å². The largest absolute Gasteiger partial charge is 0.373 e. The van der Waals surface area contributed by atoms with E-state index >= 15 is 0 Å². The van der Waals surface area contributed by atoms with Crippen molar-refractivity contribution < 1.29 is 9.59 Å². The second kappa shape index (κ2) is 5.53. The van der Waals surface area contributed by atoms with Gasteiger partial charge in [0.15, 0.2) is 0 Å². The van der Waals surface area contributed by atoms with Gasteiger partial charge in [0.05, 0.1) is 6.54 Å². The van der Waals surface area contributed by atoms with Crippen LogP contribution in [0.15, 0.2) is 24.3 Å². The summed E-state index contributed by atoms with van der Waals surface area (Å²) in [6.45, 7) is 1.75. The number of likely N-dealkylation sites (tertiary alicyclic amines) is 1. The van der Waals surface area contributed by atoms with Crippen LogP contribution in [0.3, 0.4) is 0 Å². The van der Waals surface area contributed by atoms with E-state index in [4.69, 9.17) is 0 Å². The minimum Gasteiger partial charge on any atom is -0.373 e. The fourth-order valence-electron chi connectivity index (χ4n) is 2.82. The number of fused-ring (bicyclic) bond motifs is 1. The van der Waals surface area contributed by atoms with Gasteiger partial charge in [0.25, 0.3) is 0 Å². The number of para-hydroxylation sites is 1. The molecule has 2 heterocycles. The molecule has 1 atom stereocenters. The molecule has 1 fully saturated rings. The van der Waals surface area contributed by atoms with Crippen LogP contribution in [-0.4, -0.2) is 42.4 Å². The first kappa shape index (κ1) is 13.0. The normalized spacial score (nSPS) is 20.4. The van der Waals surface area contributed by atoms with E-state index in [0.717, 1.165) is 37.2 Å². The van der Waals surface area contributed by atoms with E-state index in [2.05, 4.69) is 10.6 Å². The van der Waals surface area contributed by atoms with E-state index in [1.807, 2.05) is 29.2 Å². The fourth-order valence-corrected chi connectivity index (χ4v) is 2.82. The molecule has 1 unspecified atom stereocenters. The molecule has 0 saturated carbocycles. The van der Waals surface area contributed by atoms with Crippen molar-refractivity contribution >= 4 is 17.5 Å². The van der Waals surface area contributed by atoms with Crippen molar-refractivity contribution in [3.8, 4) is 0 Å². The summed E-state index contributed by atoms with van der Waals surface area (Å²) >= 11 is 0. The Morgan fingerprint density at radius 2 is 2.00 bits per heavy atom. The molecular formula is C15H19N3O2. The zero-order valence-electron chi connectivity index (χ0n) is 11.4. The topological polar surface area (TPSA) is 61.4 Å². The van der Waals surface area contributed by atoms with Gasteiger partial charge in [-0.2, -0.15) is 0 Å². The molecule has 2 aliphatic heterocycles. The van der Waals surface area contributed by atoms with Gasteiger partial charge in [-0.3, -0.25) is 9.59 Å². The maximum absolute atomic E-state index is 12.1. The lowest BCUT2D eigenvalue weighted by Crippen LogP contribution is -2.44. The summed E-state index contributed by atoms with van der Waals surface area (Å²) in [6, 6.07) is 7.64. The predicted octanol–water partition coefficient (Wildman–Crippen LogP) is 0.762. The summed E-state index contributed by atoms with van der Waals surface area (Å²) in [5.41, 5.74) is 2.16. The number of anilines is 1. The maximum atomic E-state index is 12.1. The van der Waals surface area contributed by atoms with Crippen LogP contribution in [0.4, 0.5) is 5.69 Å². The molecule has 0 aromatic heterocycles. The van der Waals surface area contributed by atoms with Crippen LogP contribution >= 0.6 is 0 Å². The lowest BCUT2D eigenvalue weighted by Gasteiger charge is -2.17. The van der Waals surface area contributed by atoms with Crippen molar-refractivity contribution in [1.82, 2.24) is 10.2 Å². The molecule has 5 nitrogen and oxygen atoms in total. The lowest BCUT2D eigenvalue weighted by atomic mass is 10.1. The highest BCUT2D eigenvalue weighted by atomic mass is 16.2. The highest BCUT2D eigenvalue weighted by molar-refractivity contribution is 5.90. The lowest BCUT2D eigenvalue weighted by molar-refractivity contribution is -0.132. The van der Waals surface area contributed by atoms with Crippen molar-refractivity contribution in [1.29, 1.82) is 0 Å². The van der Waals surface area contributed by atoms with Crippen LogP contribution in [0.1, 0.15) is 18.4 Å². The van der Waals surface area contributed by atoms with Gasteiger partial charge in [-0.15, -0.1) is 0 Å². The van der Waals surface area contributed by atoms with Gasteiger partial charge in [0, 0.05) is 25.2 Å². The second-order valence-electron chi connectivity index (χ2n) is 5.36. The number of benzene rings is 1. The van der Waals surface area contributed by atoms with Gasteiger partial charge in [-0.1, -0.05) is 18.2 Å². The van der Waals surface area contributed by atoms with Crippen molar-refractivity contribution in [2.75, 3.05) is 25.0 Å². The first-order chi connectivity index (χ1) is 9.74. The first-order valence-corrected chi connectivity index (χ1v) is 7.14. The Kier molecular flexibility index (Phi) is 3.58. The summed E-state index contributed by atoms with van der Waals surface area (Å²) in [6.07, 6.45) is 2.82. The smallest absolute Gasteiger partial charge is 0.243 e. The Bertz CT molecular complexity index is 499. The Labute approximate surface area is 118 Å². The molecule has 2 amide bonds. The van der Waals surface area contributed by atoms with Crippen molar-refractivity contribution in [3.63, 3.8) is 0 Å². The van der Waals surface area contributed by atoms with Gasteiger partial charge in [0.1, 0.15) is 6.04 Å². The monoisotopic (exact) mass is 273 g/mol. The molecule has 106 valence electrons. The average molecular weight is 273 g/mol. The number of amides is 2. The molecule has 1 aromatic carbocycles. The molecule has 2 N–H and O–H groups in total. The van der Waals surface area contributed by atoms with Crippen molar-refractivity contribution in [3.05, 3.63) is 29.8 Å². The third-order valence-corrected chi connectivity index (χ3v) is 3.96. The molecule has 2 aliphatic rings. The van der Waals surface area contributed by atoms with Gasteiger partial charge >= 0.3 is 0 Å². The summed E-state index contributed by atoms with van der Waals surface area (Å²) in [5, 5.41) is 5.93. The number of nitrogens with one attached hydrogen (secondary N) is 2. The Morgan fingerprint density at radius 1 is 1.25 bits per heavy atom. The Balaban J connectivity index is 1.50. The average Bonchev–Trinajstić information content (AvgIpc) is 3.12. The molecule has 1 saturated heterocycles. The van der Waals surface area contributed by atoms with Gasteiger partial charge in [-0.05, 0) is 24.5 Å². The van der Waals surface area contributed by atoms with E-state index in [9.17, 15) is 9.59 Å². The summed E-state index contributed by atoms with van der Waals surface area (Å²) in [5.74, 6) is -0.0832. The minimum absolute atomic E-state index is 0.0198. The van der Waals surface area contributed by atoms with Crippen LogP contribution < -0.4 is 10.6 Å². The molecule has 3 rings (SSSR count). The zero-order chi connectivity index (χ0) is 13.9. The molecule has 1 aromatic rings. The van der Waals surface area contributed by atoms with E-state index in [-0.39, 0.29) is 24.4 Å². The van der Waals surface area contributed by atoms with Gasteiger partial charge in [0.2, 0.25) is 11.8 Å². The molecule has 0 spiro atoms. The summed E-state index contributed by atoms with van der Waals surface area (Å²) in [7, 11) is 0. The minimum atomic E-state index is -0.265. The molecule has 0 aliphatic carbocycles.